The quantitative estimate of drug-likeness (QED) is 0.383. The molecule has 3 rings (SSSR count). The van der Waals surface area contributed by atoms with Crippen molar-refractivity contribution in [3.63, 3.8) is 0 Å². The van der Waals surface area contributed by atoms with Crippen LogP contribution in [-0.2, 0) is 0 Å². The van der Waals surface area contributed by atoms with Crippen LogP contribution >= 0.6 is 23.2 Å². The van der Waals surface area contributed by atoms with Crippen molar-refractivity contribution in [2.75, 3.05) is 30.4 Å². The molecule has 0 aliphatic carbocycles. The number of anilines is 2. The molecule has 0 fully saturated rings. The predicted octanol–water partition coefficient (Wildman–Crippen LogP) is 4.21. The maximum atomic E-state index is 11.4. The molecule has 1 aromatic carbocycles. The number of hydrogen-bond donors (Lipinski definition) is 1. The molecule has 0 aliphatic rings. The van der Waals surface area contributed by atoms with Crippen LogP contribution in [0, 0.1) is 20.2 Å². The molecule has 0 amide bonds. The Kier molecular flexibility index (Phi) is 6.78. The maximum Gasteiger partial charge on any atom is 0.390 e. The molecule has 11 nitrogen and oxygen atoms in total. The number of benzene rings is 1. The van der Waals surface area contributed by atoms with E-state index in [0.717, 1.165) is 6.20 Å². The van der Waals surface area contributed by atoms with E-state index in [-0.39, 0.29) is 16.4 Å². The largest absolute Gasteiger partial charge is 0.390 e. The van der Waals surface area contributed by atoms with Gasteiger partial charge in [-0.1, -0.05) is 23.2 Å². The first-order valence-electron chi connectivity index (χ1n) is 8.78. The Morgan fingerprint density at radius 3 is 2.45 bits per heavy atom. The van der Waals surface area contributed by atoms with Gasteiger partial charge < -0.3 is 20.3 Å². The summed E-state index contributed by atoms with van der Waals surface area (Å²) in [6.07, 6.45) is 2.46. The molecule has 1 N–H and O–H groups in total. The van der Waals surface area contributed by atoms with Gasteiger partial charge in [0.1, 0.15) is 12.0 Å². The number of aromatic nitrogens is 3. The van der Waals surface area contributed by atoms with E-state index in [1.807, 2.05) is 0 Å². The number of pyridine rings is 1. The zero-order valence-electron chi connectivity index (χ0n) is 16.0. The first-order chi connectivity index (χ1) is 14.8. The zero-order chi connectivity index (χ0) is 22.5. The fourth-order valence-electron chi connectivity index (χ4n) is 2.62. The normalized spacial score (nSPS) is 10.5. The summed E-state index contributed by atoms with van der Waals surface area (Å²) < 4.78 is 0. The Morgan fingerprint density at radius 2 is 1.84 bits per heavy atom. The molecular weight excluding hydrogens is 449 g/mol. The second-order valence-electron chi connectivity index (χ2n) is 6.29. The fourth-order valence-corrected chi connectivity index (χ4v) is 3.12. The lowest BCUT2D eigenvalue weighted by molar-refractivity contribution is -0.389. The Balaban J connectivity index is 1.75. The minimum Gasteiger partial charge on any atom is -0.368 e. The number of nitro groups is 2. The monoisotopic (exact) mass is 463 g/mol. The number of nitrogens with one attached hydrogen (secondary N) is 1. The molecule has 0 aliphatic heterocycles. The van der Waals surface area contributed by atoms with Crippen LogP contribution in [0.5, 0.6) is 0 Å². The average Bonchev–Trinajstić information content (AvgIpc) is 2.73. The van der Waals surface area contributed by atoms with Gasteiger partial charge in [-0.2, -0.15) is 0 Å². The van der Waals surface area contributed by atoms with Crippen molar-refractivity contribution in [2.45, 2.75) is 0 Å². The second kappa shape index (κ2) is 9.49. The van der Waals surface area contributed by atoms with E-state index in [9.17, 15) is 20.2 Å². The van der Waals surface area contributed by atoms with E-state index in [4.69, 9.17) is 23.2 Å². The standard InChI is InChI=1S/C18H15Cl2N7O4/c1-25(7-6-21-15-5-3-12(9-22-15)26(28)29)16-10-23-18(27(30)31)17(24-16)13-4-2-11(19)8-14(13)20/h2-5,8-10H,6-7H2,1H3,(H,21,22). The van der Waals surface area contributed by atoms with Crippen molar-refractivity contribution in [2.24, 2.45) is 0 Å². The Bertz CT molecular complexity index is 1130. The van der Waals surface area contributed by atoms with Crippen LogP contribution in [0.2, 0.25) is 10.0 Å². The predicted molar refractivity (Wildman–Crippen MR) is 117 cm³/mol. The van der Waals surface area contributed by atoms with Gasteiger partial charge in [0, 0.05) is 36.8 Å². The highest BCUT2D eigenvalue weighted by Crippen LogP contribution is 2.34. The molecule has 0 atom stereocenters. The van der Waals surface area contributed by atoms with Crippen molar-refractivity contribution in [1.82, 2.24) is 15.0 Å². The Morgan fingerprint density at radius 1 is 1.06 bits per heavy atom. The molecule has 0 bridgehead atoms. The van der Waals surface area contributed by atoms with Crippen LogP contribution in [0.25, 0.3) is 11.3 Å². The molecule has 31 heavy (non-hydrogen) atoms. The van der Waals surface area contributed by atoms with Crippen LogP contribution in [0.15, 0.2) is 42.7 Å². The summed E-state index contributed by atoms with van der Waals surface area (Å²) in [6, 6.07) is 7.44. The van der Waals surface area contributed by atoms with Crippen molar-refractivity contribution >= 4 is 46.3 Å². The summed E-state index contributed by atoms with van der Waals surface area (Å²) in [6.45, 7) is 0.871. The molecule has 0 saturated carbocycles. The molecule has 2 aromatic heterocycles. The fraction of sp³-hybridized carbons (Fsp3) is 0.167. The molecule has 13 heteroatoms. The van der Waals surface area contributed by atoms with Gasteiger partial charge in [0.25, 0.3) is 5.69 Å². The van der Waals surface area contributed by atoms with Crippen molar-refractivity contribution in [1.29, 1.82) is 0 Å². The molecule has 0 unspecified atom stereocenters. The van der Waals surface area contributed by atoms with Crippen LogP contribution in [0.4, 0.5) is 23.1 Å². The summed E-state index contributed by atoms with van der Waals surface area (Å²) in [7, 11) is 1.74. The summed E-state index contributed by atoms with van der Waals surface area (Å²) in [5, 5.41) is 25.7. The van der Waals surface area contributed by atoms with Crippen LogP contribution < -0.4 is 10.2 Å². The third-order valence-electron chi connectivity index (χ3n) is 4.20. The number of nitrogens with zero attached hydrogens (tertiary/aromatic N) is 6. The van der Waals surface area contributed by atoms with Crippen molar-refractivity contribution < 1.29 is 9.85 Å². The van der Waals surface area contributed by atoms with E-state index < -0.39 is 15.7 Å². The van der Waals surface area contributed by atoms with Gasteiger partial charge >= 0.3 is 5.82 Å². The summed E-state index contributed by atoms with van der Waals surface area (Å²) in [5.41, 5.74) is 0.270. The average molecular weight is 464 g/mol. The molecule has 0 radical (unpaired) electrons. The minimum absolute atomic E-state index is 0.0287. The van der Waals surface area contributed by atoms with Gasteiger partial charge in [-0.05, 0) is 34.2 Å². The SMILES string of the molecule is CN(CCNc1ccc([N+](=O)[O-])cn1)c1cnc([N+](=O)[O-])c(-c2ccc(Cl)cc2Cl)n1. The van der Waals surface area contributed by atoms with Crippen LogP contribution in [0.1, 0.15) is 0 Å². The Hall–Kier alpha value is -3.57. The molecule has 3 aromatic rings. The first kappa shape index (κ1) is 22.1. The Labute approximate surface area is 186 Å². The van der Waals surface area contributed by atoms with Gasteiger partial charge in [-0.3, -0.25) is 10.1 Å². The smallest absolute Gasteiger partial charge is 0.368 e. The highest BCUT2D eigenvalue weighted by Gasteiger charge is 2.23. The lowest BCUT2D eigenvalue weighted by Crippen LogP contribution is -2.26. The molecule has 0 saturated heterocycles. The third-order valence-corrected chi connectivity index (χ3v) is 4.75. The highest BCUT2D eigenvalue weighted by atomic mass is 35.5. The minimum atomic E-state index is -0.626. The van der Waals surface area contributed by atoms with E-state index in [0.29, 0.717) is 35.3 Å². The van der Waals surface area contributed by atoms with E-state index >= 15 is 0 Å². The maximum absolute atomic E-state index is 11.4. The molecule has 0 spiro atoms. The number of likely N-dealkylation sites (N-methyl/N-ethyl adjacent to an activating group) is 1. The summed E-state index contributed by atoms with van der Waals surface area (Å²) >= 11 is 12.1. The van der Waals surface area contributed by atoms with Crippen LogP contribution in [0.3, 0.4) is 0 Å². The van der Waals surface area contributed by atoms with Gasteiger partial charge in [0.2, 0.25) is 0 Å². The van der Waals surface area contributed by atoms with E-state index in [2.05, 4.69) is 20.3 Å². The summed E-state index contributed by atoms with van der Waals surface area (Å²) in [4.78, 5) is 35.0. The van der Waals surface area contributed by atoms with Gasteiger partial charge in [-0.15, -0.1) is 0 Å². The first-order valence-corrected chi connectivity index (χ1v) is 9.54. The molecule has 2 heterocycles. The number of hydrogen-bond acceptors (Lipinski definition) is 9. The molecule has 160 valence electrons. The number of halogens is 2. The summed E-state index contributed by atoms with van der Waals surface area (Å²) in [5.74, 6) is 0.446. The van der Waals surface area contributed by atoms with Gasteiger partial charge in [0.15, 0.2) is 17.7 Å². The van der Waals surface area contributed by atoms with E-state index in [1.54, 1.807) is 24.1 Å². The lowest BCUT2D eigenvalue weighted by Gasteiger charge is -2.18. The molecular formula is C18H15Cl2N7O4. The van der Waals surface area contributed by atoms with Gasteiger partial charge in [-0.25, -0.2) is 9.97 Å². The number of rotatable bonds is 8. The van der Waals surface area contributed by atoms with E-state index in [1.165, 1.54) is 24.4 Å². The topological polar surface area (TPSA) is 140 Å². The van der Waals surface area contributed by atoms with Crippen LogP contribution in [-0.4, -0.2) is 44.9 Å². The van der Waals surface area contributed by atoms with Crippen molar-refractivity contribution in [3.05, 3.63) is 73.0 Å². The van der Waals surface area contributed by atoms with Crippen molar-refractivity contribution in [3.8, 4) is 11.3 Å². The lowest BCUT2D eigenvalue weighted by atomic mass is 10.1. The third kappa shape index (κ3) is 5.32. The van der Waals surface area contributed by atoms with Gasteiger partial charge in [0.05, 0.1) is 9.95 Å². The zero-order valence-corrected chi connectivity index (χ0v) is 17.5. The highest BCUT2D eigenvalue weighted by molar-refractivity contribution is 6.36. The second-order valence-corrected chi connectivity index (χ2v) is 7.13.